The molecule has 0 saturated carbocycles. The first kappa shape index (κ1) is 19.9. The lowest BCUT2D eigenvalue weighted by Gasteiger charge is -2.36. The molecule has 1 aromatic heterocycles. The molecule has 2 heterocycles. The van der Waals surface area contributed by atoms with Gasteiger partial charge in [-0.3, -0.25) is 4.79 Å². The maximum absolute atomic E-state index is 11.9. The molecular formula is C20H24N4O3S. The molecule has 1 aliphatic heterocycles. The van der Waals surface area contributed by atoms with Crippen molar-refractivity contribution in [3.05, 3.63) is 61.3 Å². The number of hydrogen-bond acceptors (Lipinski definition) is 6. The molecule has 28 heavy (non-hydrogen) atoms. The number of hydrogen-bond donors (Lipinski definition) is 1. The molecule has 1 amide bonds. The Morgan fingerprint density at radius 2 is 1.75 bits per heavy atom. The van der Waals surface area contributed by atoms with E-state index in [4.69, 9.17) is 0 Å². The lowest BCUT2D eigenvalue weighted by Crippen LogP contribution is -2.46. The van der Waals surface area contributed by atoms with Crippen LogP contribution in [-0.4, -0.2) is 57.0 Å². The number of piperazine rings is 1. The first-order valence-corrected chi connectivity index (χ1v) is 10.9. The van der Waals surface area contributed by atoms with Crippen molar-refractivity contribution in [1.82, 2.24) is 4.98 Å². The van der Waals surface area contributed by atoms with Crippen LogP contribution in [0.25, 0.3) is 0 Å². The number of carbonyl (C=O) groups is 1. The number of benzene rings is 1. The minimum absolute atomic E-state index is 0.216. The number of aromatic nitrogens is 1. The predicted molar refractivity (Wildman–Crippen MR) is 113 cm³/mol. The monoisotopic (exact) mass is 400 g/mol. The Morgan fingerprint density at radius 3 is 2.36 bits per heavy atom. The van der Waals surface area contributed by atoms with Crippen molar-refractivity contribution in [3.8, 4) is 0 Å². The van der Waals surface area contributed by atoms with E-state index >= 15 is 0 Å². The predicted octanol–water partition coefficient (Wildman–Crippen LogP) is 1.95. The third kappa shape index (κ3) is 5.32. The van der Waals surface area contributed by atoms with Crippen LogP contribution in [0.3, 0.4) is 0 Å². The van der Waals surface area contributed by atoms with Gasteiger partial charge in [0.05, 0.1) is 17.6 Å². The summed E-state index contributed by atoms with van der Waals surface area (Å²) in [7, 11) is -3.47. The third-order valence-electron chi connectivity index (χ3n) is 4.48. The summed E-state index contributed by atoms with van der Waals surface area (Å²) in [6.07, 6.45) is 2.83. The van der Waals surface area contributed by atoms with E-state index in [-0.39, 0.29) is 5.75 Å². The van der Waals surface area contributed by atoms with E-state index in [1.165, 1.54) is 11.8 Å². The van der Waals surface area contributed by atoms with Crippen LogP contribution < -0.4 is 15.1 Å². The molecule has 0 aliphatic carbocycles. The second-order valence-corrected chi connectivity index (χ2v) is 8.72. The molecule has 0 spiro atoms. The Bertz CT molecular complexity index is 906. The Morgan fingerprint density at radius 1 is 1.07 bits per heavy atom. The number of pyridine rings is 1. The van der Waals surface area contributed by atoms with Gasteiger partial charge in [-0.15, -0.1) is 6.58 Å². The van der Waals surface area contributed by atoms with E-state index in [1.807, 2.05) is 24.3 Å². The normalized spacial score (nSPS) is 14.6. The van der Waals surface area contributed by atoms with Crippen molar-refractivity contribution >= 4 is 32.9 Å². The first-order valence-electron chi connectivity index (χ1n) is 9.09. The van der Waals surface area contributed by atoms with Crippen LogP contribution in [0.5, 0.6) is 0 Å². The maximum atomic E-state index is 11.9. The molecule has 0 unspecified atom stereocenters. The Kier molecular flexibility index (Phi) is 6.30. The average molecular weight is 401 g/mol. The van der Waals surface area contributed by atoms with Gasteiger partial charge in [0.1, 0.15) is 11.6 Å². The molecular weight excluding hydrogens is 376 g/mol. The fraction of sp³-hybridized carbons (Fsp3) is 0.300. The fourth-order valence-electron chi connectivity index (χ4n) is 3.11. The van der Waals surface area contributed by atoms with E-state index in [1.54, 1.807) is 12.3 Å². The van der Waals surface area contributed by atoms with Crippen molar-refractivity contribution in [1.29, 1.82) is 0 Å². The lowest BCUT2D eigenvalue weighted by atomic mass is 10.2. The summed E-state index contributed by atoms with van der Waals surface area (Å²) in [6.45, 7) is 6.91. The number of rotatable bonds is 7. The Labute approximate surface area is 165 Å². The highest BCUT2D eigenvalue weighted by atomic mass is 32.2. The van der Waals surface area contributed by atoms with E-state index in [9.17, 15) is 13.2 Å². The van der Waals surface area contributed by atoms with Crippen LogP contribution in [0.4, 0.5) is 17.2 Å². The van der Waals surface area contributed by atoms with Gasteiger partial charge in [0, 0.05) is 31.9 Å². The quantitative estimate of drug-likeness (QED) is 0.716. The van der Waals surface area contributed by atoms with E-state index in [2.05, 4.69) is 38.8 Å². The van der Waals surface area contributed by atoms with Gasteiger partial charge in [0.2, 0.25) is 5.91 Å². The van der Waals surface area contributed by atoms with Crippen LogP contribution >= 0.6 is 0 Å². The highest BCUT2D eigenvalue weighted by molar-refractivity contribution is 7.92. The van der Waals surface area contributed by atoms with Crippen molar-refractivity contribution in [2.24, 2.45) is 0 Å². The molecule has 2 aromatic rings. The summed E-state index contributed by atoms with van der Waals surface area (Å²) < 4.78 is 23.3. The molecule has 8 heteroatoms. The Balaban J connectivity index is 1.53. The molecule has 3 rings (SSSR count). The molecule has 7 nitrogen and oxygen atoms in total. The van der Waals surface area contributed by atoms with Gasteiger partial charge in [-0.05, 0) is 24.3 Å². The second kappa shape index (κ2) is 8.88. The van der Waals surface area contributed by atoms with Gasteiger partial charge in [0.25, 0.3) is 0 Å². The summed E-state index contributed by atoms with van der Waals surface area (Å²) in [6, 6.07) is 13.9. The van der Waals surface area contributed by atoms with Crippen LogP contribution in [0.2, 0.25) is 0 Å². The van der Waals surface area contributed by atoms with Crippen LogP contribution in [0, 0.1) is 0 Å². The van der Waals surface area contributed by atoms with Crippen LogP contribution in [-0.2, 0) is 14.6 Å². The zero-order chi connectivity index (χ0) is 20.0. The number of sulfone groups is 1. The number of para-hydroxylation sites is 1. The smallest absolute Gasteiger partial charge is 0.239 e. The van der Waals surface area contributed by atoms with Crippen LogP contribution in [0.1, 0.15) is 0 Å². The highest BCUT2D eigenvalue weighted by Crippen LogP contribution is 2.20. The van der Waals surface area contributed by atoms with Crippen LogP contribution in [0.15, 0.2) is 61.3 Å². The van der Waals surface area contributed by atoms with Crippen molar-refractivity contribution < 1.29 is 13.2 Å². The van der Waals surface area contributed by atoms with Gasteiger partial charge in [-0.25, -0.2) is 13.4 Å². The summed E-state index contributed by atoms with van der Waals surface area (Å²) in [5, 5.41) is 2.57. The molecule has 1 saturated heterocycles. The minimum atomic E-state index is -3.47. The van der Waals surface area contributed by atoms with Crippen molar-refractivity contribution in [2.75, 3.05) is 52.8 Å². The Hall–Kier alpha value is -2.87. The number of nitrogens with one attached hydrogen (secondary N) is 1. The molecule has 1 fully saturated rings. The minimum Gasteiger partial charge on any atom is -0.368 e. The molecule has 1 aromatic carbocycles. The zero-order valence-electron chi connectivity index (χ0n) is 15.6. The second-order valence-electron chi connectivity index (χ2n) is 6.61. The van der Waals surface area contributed by atoms with Crippen molar-refractivity contribution in [3.63, 3.8) is 0 Å². The number of nitrogens with zero attached hydrogens (tertiary/aromatic N) is 3. The molecule has 0 bridgehead atoms. The van der Waals surface area contributed by atoms with E-state index in [0.29, 0.717) is 5.69 Å². The lowest BCUT2D eigenvalue weighted by molar-refractivity contribution is -0.113. The number of anilines is 3. The standard InChI is InChI=1S/C20H24N4O3S/c1-2-14-28(26,27)16-20(25)22-17-8-9-19(21-15-17)24-12-10-23(11-13-24)18-6-4-3-5-7-18/h2-9,15H,1,10-14,16H2,(H,22,25). The molecule has 0 atom stereocenters. The van der Waals surface area contributed by atoms with Gasteiger partial charge in [-0.2, -0.15) is 0 Å². The average Bonchev–Trinajstić information content (AvgIpc) is 2.69. The van der Waals surface area contributed by atoms with E-state index < -0.39 is 21.5 Å². The molecule has 1 N–H and O–H groups in total. The summed E-state index contributed by atoms with van der Waals surface area (Å²) in [5.41, 5.74) is 1.70. The van der Waals surface area contributed by atoms with E-state index in [0.717, 1.165) is 32.0 Å². The zero-order valence-corrected chi connectivity index (χ0v) is 16.4. The first-order chi connectivity index (χ1) is 13.5. The maximum Gasteiger partial charge on any atom is 0.239 e. The summed E-state index contributed by atoms with van der Waals surface area (Å²) in [5.74, 6) is -0.521. The summed E-state index contributed by atoms with van der Waals surface area (Å²) in [4.78, 5) is 20.8. The largest absolute Gasteiger partial charge is 0.368 e. The molecule has 148 valence electrons. The SMILES string of the molecule is C=CCS(=O)(=O)CC(=O)Nc1ccc(N2CCN(c3ccccc3)CC2)nc1. The molecule has 1 aliphatic rings. The van der Waals surface area contributed by atoms with Gasteiger partial charge in [0.15, 0.2) is 9.84 Å². The van der Waals surface area contributed by atoms with Gasteiger partial charge in [-0.1, -0.05) is 24.3 Å². The third-order valence-corrected chi connectivity index (χ3v) is 5.93. The highest BCUT2D eigenvalue weighted by Gasteiger charge is 2.19. The van der Waals surface area contributed by atoms with Crippen molar-refractivity contribution in [2.45, 2.75) is 0 Å². The summed E-state index contributed by atoms with van der Waals surface area (Å²) >= 11 is 0. The number of carbonyl (C=O) groups excluding carboxylic acids is 1. The topological polar surface area (TPSA) is 82.6 Å². The van der Waals surface area contributed by atoms with Gasteiger partial charge >= 0.3 is 0 Å². The number of amides is 1. The molecule has 0 radical (unpaired) electrons. The fourth-order valence-corrected chi connectivity index (χ4v) is 4.06. The van der Waals surface area contributed by atoms with Gasteiger partial charge < -0.3 is 15.1 Å².